The zero-order valence-corrected chi connectivity index (χ0v) is 17.3. The van der Waals surface area contributed by atoms with Crippen LogP contribution in [0, 0.1) is 27.7 Å². The molecule has 0 bridgehead atoms. The maximum atomic E-state index is 13.5. The number of aryl methyl sites for hydroxylation is 4. The Hall–Kier alpha value is -2.92. The van der Waals surface area contributed by atoms with E-state index in [2.05, 4.69) is 18.2 Å². The maximum Gasteiger partial charge on any atom is 0.336 e. The predicted molar refractivity (Wildman–Crippen MR) is 116 cm³/mol. The van der Waals surface area contributed by atoms with Crippen molar-refractivity contribution in [1.29, 1.82) is 0 Å². The molecule has 2 heterocycles. The van der Waals surface area contributed by atoms with Gasteiger partial charge in [0.05, 0.1) is 17.7 Å². The summed E-state index contributed by atoms with van der Waals surface area (Å²) >= 11 is 1.38. The average Bonchev–Trinajstić information content (AvgIpc) is 3.11. The summed E-state index contributed by atoms with van der Waals surface area (Å²) in [5.41, 5.74) is 6.17. The highest BCUT2D eigenvalue weighted by molar-refractivity contribution is 7.17. The predicted octanol–water partition coefficient (Wildman–Crippen LogP) is 4.50. The summed E-state index contributed by atoms with van der Waals surface area (Å²) in [7, 11) is 0. The van der Waals surface area contributed by atoms with Gasteiger partial charge in [-0.2, -0.15) is 0 Å². The fourth-order valence-electron chi connectivity index (χ4n) is 3.69. The average molecular weight is 391 g/mol. The quantitative estimate of drug-likeness (QED) is 0.517. The molecule has 0 aliphatic rings. The lowest BCUT2D eigenvalue weighted by molar-refractivity contribution is 0.713. The monoisotopic (exact) mass is 390 g/mol. The van der Waals surface area contributed by atoms with Gasteiger partial charge in [-0.25, -0.2) is 9.36 Å². The van der Waals surface area contributed by atoms with E-state index in [1.165, 1.54) is 15.9 Å². The lowest BCUT2D eigenvalue weighted by Gasteiger charge is -2.15. The van der Waals surface area contributed by atoms with Crippen LogP contribution >= 0.6 is 11.3 Å². The molecule has 0 atom stereocenters. The first-order chi connectivity index (χ1) is 13.3. The normalized spacial score (nSPS) is 11.3. The lowest BCUT2D eigenvalue weighted by atomic mass is 10.1. The van der Waals surface area contributed by atoms with Crippen molar-refractivity contribution in [2.45, 2.75) is 34.2 Å². The van der Waals surface area contributed by atoms with Gasteiger partial charge >= 0.3 is 5.69 Å². The molecule has 0 amide bonds. The summed E-state index contributed by atoms with van der Waals surface area (Å²) in [6.45, 7) is 8.47. The minimum absolute atomic E-state index is 0.253. The van der Waals surface area contributed by atoms with E-state index in [9.17, 15) is 9.59 Å². The van der Waals surface area contributed by atoms with Crippen molar-refractivity contribution in [1.82, 2.24) is 9.13 Å². The second-order valence-corrected chi connectivity index (χ2v) is 8.34. The highest BCUT2D eigenvalue weighted by atomic mass is 32.1. The summed E-state index contributed by atoms with van der Waals surface area (Å²) in [4.78, 5) is 26.6. The Morgan fingerprint density at radius 1 is 0.857 bits per heavy atom. The van der Waals surface area contributed by atoms with Crippen molar-refractivity contribution in [3.63, 3.8) is 0 Å². The maximum absolute atomic E-state index is 13.5. The highest BCUT2D eigenvalue weighted by Crippen LogP contribution is 2.20. The van der Waals surface area contributed by atoms with E-state index in [1.807, 2.05) is 57.3 Å². The molecule has 5 heteroatoms. The molecule has 0 saturated carbocycles. The Labute approximate surface area is 167 Å². The van der Waals surface area contributed by atoms with Crippen molar-refractivity contribution in [2.24, 2.45) is 0 Å². The Balaban J connectivity index is 2.02. The van der Waals surface area contributed by atoms with E-state index < -0.39 is 0 Å². The highest BCUT2D eigenvalue weighted by Gasteiger charge is 2.17. The minimum Gasteiger partial charge on any atom is -0.288 e. The molecule has 4 nitrogen and oxygen atoms in total. The van der Waals surface area contributed by atoms with Gasteiger partial charge < -0.3 is 0 Å². The SMILES string of the molecule is Cc1cc(C)cc(-n2c(=O)c3sccc3n(Cc3cc(C)ccc3C)c2=O)c1. The smallest absolute Gasteiger partial charge is 0.288 e. The molecule has 2 aromatic carbocycles. The zero-order valence-electron chi connectivity index (χ0n) is 16.4. The molecule has 4 rings (SSSR count). The number of nitrogens with zero attached hydrogens (tertiary/aromatic N) is 2. The van der Waals surface area contributed by atoms with Gasteiger partial charge in [-0.1, -0.05) is 29.8 Å². The lowest BCUT2D eigenvalue weighted by Crippen LogP contribution is -2.38. The molecule has 0 aliphatic heterocycles. The summed E-state index contributed by atoms with van der Waals surface area (Å²) in [5, 5.41) is 1.87. The Kier molecular flexibility index (Phi) is 4.55. The van der Waals surface area contributed by atoms with Crippen LogP contribution in [0.4, 0.5) is 0 Å². The molecule has 2 aromatic heterocycles. The van der Waals surface area contributed by atoms with Crippen molar-refractivity contribution >= 4 is 21.6 Å². The standard InChI is InChI=1S/C23H22N2O2S/c1-14-5-6-17(4)18(10-14)13-24-20-7-8-28-21(20)22(26)25(23(24)27)19-11-15(2)9-16(3)12-19/h5-12H,13H2,1-4H3. The van der Waals surface area contributed by atoms with E-state index in [1.54, 1.807) is 4.57 Å². The minimum atomic E-state index is -0.304. The number of hydrogen-bond acceptors (Lipinski definition) is 3. The Bertz CT molecular complexity index is 1300. The molecule has 142 valence electrons. The second kappa shape index (κ2) is 6.91. The van der Waals surface area contributed by atoms with Crippen LogP contribution in [0.3, 0.4) is 0 Å². The van der Waals surface area contributed by atoms with Gasteiger partial charge in [0.15, 0.2) is 0 Å². The molecular formula is C23H22N2O2S. The van der Waals surface area contributed by atoms with Gasteiger partial charge in [0.25, 0.3) is 5.56 Å². The van der Waals surface area contributed by atoms with E-state index in [4.69, 9.17) is 0 Å². The van der Waals surface area contributed by atoms with Crippen molar-refractivity contribution in [2.75, 3.05) is 0 Å². The van der Waals surface area contributed by atoms with Crippen LogP contribution < -0.4 is 11.2 Å². The Morgan fingerprint density at radius 2 is 1.57 bits per heavy atom. The first kappa shape index (κ1) is 18.4. The molecule has 28 heavy (non-hydrogen) atoms. The summed E-state index contributed by atoms with van der Waals surface area (Å²) in [5.74, 6) is 0. The van der Waals surface area contributed by atoms with Crippen LogP contribution in [0.15, 0.2) is 57.4 Å². The number of thiophene rings is 1. The number of rotatable bonds is 3. The summed E-state index contributed by atoms with van der Waals surface area (Å²) < 4.78 is 3.63. The fraction of sp³-hybridized carbons (Fsp3) is 0.217. The van der Waals surface area contributed by atoms with Gasteiger partial charge in [-0.3, -0.25) is 9.36 Å². The van der Waals surface area contributed by atoms with Gasteiger partial charge in [-0.15, -0.1) is 11.3 Å². The molecule has 0 saturated heterocycles. The van der Waals surface area contributed by atoms with Gasteiger partial charge in [0.2, 0.25) is 0 Å². The number of aromatic nitrogens is 2. The van der Waals surface area contributed by atoms with Crippen molar-refractivity contribution in [3.8, 4) is 5.69 Å². The molecule has 0 radical (unpaired) electrons. The topological polar surface area (TPSA) is 44.0 Å². The zero-order chi connectivity index (χ0) is 20.0. The van der Waals surface area contributed by atoms with E-state index in [0.29, 0.717) is 22.4 Å². The van der Waals surface area contributed by atoms with Crippen LogP contribution in [-0.4, -0.2) is 9.13 Å². The number of fused-ring (bicyclic) bond motifs is 1. The molecular weight excluding hydrogens is 368 g/mol. The number of benzene rings is 2. The van der Waals surface area contributed by atoms with E-state index >= 15 is 0 Å². The van der Waals surface area contributed by atoms with Crippen LogP contribution in [0.1, 0.15) is 27.8 Å². The molecule has 0 aliphatic carbocycles. The van der Waals surface area contributed by atoms with Crippen LogP contribution in [-0.2, 0) is 6.54 Å². The number of hydrogen-bond donors (Lipinski definition) is 0. The molecule has 0 spiro atoms. The second-order valence-electron chi connectivity index (χ2n) is 7.42. The summed E-state index contributed by atoms with van der Waals surface area (Å²) in [6.07, 6.45) is 0. The third kappa shape index (κ3) is 3.12. The van der Waals surface area contributed by atoms with Crippen molar-refractivity contribution < 1.29 is 0 Å². The third-order valence-electron chi connectivity index (χ3n) is 5.05. The largest absolute Gasteiger partial charge is 0.336 e. The van der Waals surface area contributed by atoms with Crippen molar-refractivity contribution in [3.05, 3.63) is 96.5 Å². The summed E-state index contributed by atoms with van der Waals surface area (Å²) in [6, 6.07) is 13.9. The first-order valence-electron chi connectivity index (χ1n) is 9.23. The fourth-order valence-corrected chi connectivity index (χ4v) is 4.51. The van der Waals surface area contributed by atoms with E-state index in [-0.39, 0.29) is 11.2 Å². The van der Waals surface area contributed by atoms with E-state index in [0.717, 1.165) is 27.8 Å². The Morgan fingerprint density at radius 3 is 2.29 bits per heavy atom. The molecule has 0 N–H and O–H groups in total. The van der Waals surface area contributed by atoms with Gasteiger partial charge in [0.1, 0.15) is 4.70 Å². The molecule has 0 unspecified atom stereocenters. The van der Waals surface area contributed by atoms with Gasteiger partial charge in [0, 0.05) is 0 Å². The van der Waals surface area contributed by atoms with Crippen LogP contribution in [0.25, 0.3) is 15.9 Å². The molecule has 0 fully saturated rings. The van der Waals surface area contributed by atoms with Crippen LogP contribution in [0.2, 0.25) is 0 Å². The molecule has 4 aromatic rings. The van der Waals surface area contributed by atoms with Gasteiger partial charge in [-0.05, 0) is 73.5 Å². The third-order valence-corrected chi connectivity index (χ3v) is 5.94. The first-order valence-corrected chi connectivity index (χ1v) is 10.1. The van der Waals surface area contributed by atoms with Crippen LogP contribution in [0.5, 0.6) is 0 Å².